The van der Waals surface area contributed by atoms with E-state index in [4.69, 9.17) is 4.74 Å². The van der Waals surface area contributed by atoms with Gasteiger partial charge in [0.25, 0.3) is 0 Å². The molecule has 0 saturated heterocycles. The summed E-state index contributed by atoms with van der Waals surface area (Å²) in [5.41, 5.74) is 3.97. The minimum absolute atomic E-state index is 0.0392. The molecule has 2 aromatic rings. The number of carbonyl (C=O) groups excluding carboxylic acids is 1. The summed E-state index contributed by atoms with van der Waals surface area (Å²) in [4.78, 5) is 12.8. The second kappa shape index (κ2) is 10.2. The number of allylic oxidation sites excluding steroid dienone is 1. The van der Waals surface area contributed by atoms with Gasteiger partial charge in [0.2, 0.25) is 0 Å². The highest BCUT2D eigenvalue weighted by Crippen LogP contribution is 2.27. The smallest absolute Gasteiger partial charge is 0.188 e. The highest BCUT2D eigenvalue weighted by Gasteiger charge is 2.10. The lowest BCUT2D eigenvalue weighted by molar-refractivity contribution is 0.0848. The monoisotopic (exact) mass is 392 g/mol. The molecule has 0 aromatic heterocycles. The SMILES string of the molecule is CN/C=C(/C#N)c1cc(NSc2cc(C#N)cc(C(=O)COC)c2)ccc1C. The molecule has 142 valence electrons. The molecular weight excluding hydrogens is 372 g/mol. The van der Waals surface area contributed by atoms with Gasteiger partial charge in [-0.1, -0.05) is 6.07 Å². The van der Waals surface area contributed by atoms with Crippen molar-refractivity contribution in [1.82, 2.24) is 5.32 Å². The van der Waals surface area contributed by atoms with Gasteiger partial charge in [0, 0.05) is 36.5 Å². The molecule has 0 radical (unpaired) electrons. The maximum absolute atomic E-state index is 12.1. The fourth-order valence-corrected chi connectivity index (χ4v) is 3.24. The van der Waals surface area contributed by atoms with Crippen molar-refractivity contribution in [2.24, 2.45) is 0 Å². The van der Waals surface area contributed by atoms with Crippen LogP contribution in [0.2, 0.25) is 0 Å². The van der Waals surface area contributed by atoms with Gasteiger partial charge in [0.05, 0.1) is 17.2 Å². The number of ether oxygens (including phenoxy) is 1. The van der Waals surface area contributed by atoms with Gasteiger partial charge in [-0.25, -0.2) is 0 Å². The predicted molar refractivity (Wildman–Crippen MR) is 111 cm³/mol. The van der Waals surface area contributed by atoms with E-state index in [1.54, 1.807) is 31.4 Å². The van der Waals surface area contributed by atoms with E-state index in [1.807, 2.05) is 25.1 Å². The summed E-state index contributed by atoms with van der Waals surface area (Å²) < 4.78 is 8.09. The zero-order valence-electron chi connectivity index (χ0n) is 15.9. The number of hydrogen-bond donors (Lipinski definition) is 2. The number of rotatable bonds is 8. The Hall–Kier alpha value is -3.26. The highest BCUT2D eigenvalue weighted by atomic mass is 32.2. The first-order valence-electron chi connectivity index (χ1n) is 8.41. The minimum atomic E-state index is -0.185. The number of ketones is 1. The van der Waals surface area contributed by atoms with Crippen LogP contribution in [-0.2, 0) is 4.74 Å². The number of nitrogens with zero attached hydrogens (tertiary/aromatic N) is 2. The van der Waals surface area contributed by atoms with E-state index in [1.165, 1.54) is 19.1 Å². The maximum atomic E-state index is 12.1. The molecule has 0 fully saturated rings. The summed E-state index contributed by atoms with van der Waals surface area (Å²) in [5, 5.41) is 21.5. The molecule has 28 heavy (non-hydrogen) atoms. The van der Waals surface area contributed by atoms with E-state index < -0.39 is 0 Å². The van der Waals surface area contributed by atoms with Gasteiger partial charge in [-0.15, -0.1) is 0 Å². The molecule has 2 rings (SSSR count). The normalized spacial score (nSPS) is 10.7. The van der Waals surface area contributed by atoms with Crippen LogP contribution < -0.4 is 10.0 Å². The Morgan fingerprint density at radius 1 is 1.25 bits per heavy atom. The van der Waals surface area contributed by atoms with E-state index in [0.717, 1.165) is 21.7 Å². The second-order valence-electron chi connectivity index (χ2n) is 5.91. The number of hydrogen-bond acceptors (Lipinski definition) is 7. The number of benzene rings is 2. The summed E-state index contributed by atoms with van der Waals surface area (Å²) in [6.07, 6.45) is 1.66. The molecule has 0 aliphatic carbocycles. The van der Waals surface area contributed by atoms with Crippen molar-refractivity contribution in [2.75, 3.05) is 25.5 Å². The van der Waals surface area contributed by atoms with Crippen LogP contribution in [0.4, 0.5) is 5.69 Å². The van der Waals surface area contributed by atoms with Gasteiger partial charge in [-0.2, -0.15) is 10.5 Å². The number of nitrogens with one attached hydrogen (secondary N) is 2. The number of methoxy groups -OCH3 is 1. The first-order chi connectivity index (χ1) is 13.5. The van der Waals surface area contributed by atoms with Crippen LogP contribution >= 0.6 is 11.9 Å². The topological polar surface area (TPSA) is 97.9 Å². The number of aryl methyl sites for hydroxylation is 1. The van der Waals surface area contributed by atoms with Crippen molar-refractivity contribution < 1.29 is 9.53 Å². The summed E-state index contributed by atoms with van der Waals surface area (Å²) in [6.45, 7) is 1.90. The van der Waals surface area contributed by atoms with E-state index in [2.05, 4.69) is 22.2 Å². The lowest BCUT2D eigenvalue weighted by Gasteiger charge is -2.11. The Morgan fingerprint density at radius 3 is 2.68 bits per heavy atom. The molecule has 0 amide bonds. The molecule has 0 saturated carbocycles. The molecule has 7 heteroatoms. The van der Waals surface area contributed by atoms with Gasteiger partial charge >= 0.3 is 0 Å². The fourth-order valence-electron chi connectivity index (χ4n) is 2.51. The predicted octanol–water partition coefficient (Wildman–Crippen LogP) is 3.90. The van der Waals surface area contributed by atoms with Crippen LogP contribution in [0.3, 0.4) is 0 Å². The maximum Gasteiger partial charge on any atom is 0.188 e. The molecular formula is C21H20N4O2S. The molecule has 0 unspecified atom stereocenters. The zero-order valence-corrected chi connectivity index (χ0v) is 16.7. The fraction of sp³-hybridized carbons (Fsp3) is 0.190. The average Bonchev–Trinajstić information content (AvgIpc) is 2.71. The molecule has 2 aromatic carbocycles. The van der Waals surface area contributed by atoms with Gasteiger partial charge < -0.3 is 14.8 Å². The van der Waals surface area contributed by atoms with Crippen LogP contribution in [0.25, 0.3) is 5.57 Å². The van der Waals surface area contributed by atoms with Crippen molar-refractivity contribution in [2.45, 2.75) is 11.8 Å². The average molecular weight is 392 g/mol. The molecule has 0 spiro atoms. The number of carbonyl (C=O) groups is 1. The minimum Gasteiger partial charge on any atom is -0.393 e. The molecule has 0 aliphatic rings. The molecule has 0 heterocycles. The van der Waals surface area contributed by atoms with E-state index in [9.17, 15) is 15.3 Å². The summed E-state index contributed by atoms with van der Waals surface area (Å²) in [6, 6.07) is 15.0. The molecule has 6 nitrogen and oxygen atoms in total. The van der Waals surface area contributed by atoms with Crippen LogP contribution in [0.15, 0.2) is 47.5 Å². The van der Waals surface area contributed by atoms with Crippen LogP contribution in [-0.4, -0.2) is 26.5 Å². The van der Waals surface area contributed by atoms with Gasteiger partial charge in [0.1, 0.15) is 12.7 Å². The van der Waals surface area contributed by atoms with Crippen molar-refractivity contribution in [3.8, 4) is 12.1 Å². The lowest BCUT2D eigenvalue weighted by Crippen LogP contribution is -2.07. The zero-order chi connectivity index (χ0) is 20.5. The third-order valence-corrected chi connectivity index (χ3v) is 4.67. The summed E-state index contributed by atoms with van der Waals surface area (Å²) in [5.74, 6) is -0.185. The first-order valence-corrected chi connectivity index (χ1v) is 9.22. The largest absolute Gasteiger partial charge is 0.393 e. The first kappa shape index (κ1) is 21.0. The third-order valence-electron chi connectivity index (χ3n) is 3.86. The summed E-state index contributed by atoms with van der Waals surface area (Å²) >= 11 is 1.29. The molecule has 2 N–H and O–H groups in total. The third kappa shape index (κ3) is 5.37. The molecule has 0 bridgehead atoms. The number of nitriles is 2. The number of Topliss-reactive ketones (excluding diaryl/α,β-unsaturated/α-hetero) is 1. The van der Waals surface area contributed by atoms with E-state index >= 15 is 0 Å². The Morgan fingerprint density at radius 2 is 2.04 bits per heavy atom. The van der Waals surface area contributed by atoms with Crippen LogP contribution in [0.1, 0.15) is 27.0 Å². The van der Waals surface area contributed by atoms with Gasteiger partial charge in [-0.05, 0) is 60.3 Å². The van der Waals surface area contributed by atoms with Crippen molar-refractivity contribution in [3.05, 3.63) is 64.9 Å². The van der Waals surface area contributed by atoms with Crippen molar-refractivity contribution in [1.29, 1.82) is 10.5 Å². The van der Waals surface area contributed by atoms with Gasteiger partial charge in [0.15, 0.2) is 5.78 Å². The Labute approximate surface area is 169 Å². The van der Waals surface area contributed by atoms with Crippen LogP contribution in [0.5, 0.6) is 0 Å². The molecule has 0 aliphatic heterocycles. The standard InChI is InChI=1S/C21H20N4O2S/c1-14-4-5-18(9-20(14)17(11-23)12-24-2)25-28-19-7-15(10-22)6-16(8-19)21(26)13-27-3/h4-9,12,24-25H,13H2,1-3H3/b17-12-. The number of anilines is 1. The van der Waals surface area contributed by atoms with Crippen molar-refractivity contribution >= 4 is 29.0 Å². The Bertz CT molecular complexity index is 987. The highest BCUT2D eigenvalue weighted by molar-refractivity contribution is 8.00. The van der Waals surface area contributed by atoms with Crippen LogP contribution in [0, 0.1) is 29.6 Å². The lowest BCUT2D eigenvalue weighted by atomic mass is 10.0. The quantitative estimate of drug-likeness (QED) is 0.399. The second-order valence-corrected chi connectivity index (χ2v) is 6.79. The van der Waals surface area contributed by atoms with Crippen molar-refractivity contribution in [3.63, 3.8) is 0 Å². The Balaban J connectivity index is 2.26. The van der Waals surface area contributed by atoms with E-state index in [0.29, 0.717) is 16.7 Å². The Kier molecular flexibility index (Phi) is 7.65. The molecule has 0 atom stereocenters. The van der Waals surface area contributed by atoms with Gasteiger partial charge in [-0.3, -0.25) is 4.79 Å². The summed E-state index contributed by atoms with van der Waals surface area (Å²) in [7, 11) is 3.20. The van der Waals surface area contributed by atoms with E-state index in [-0.39, 0.29) is 12.4 Å².